The highest BCUT2D eigenvalue weighted by Crippen LogP contribution is 2.45. The molecule has 5 heteroatoms. The van der Waals surface area contributed by atoms with Gasteiger partial charge in [0.1, 0.15) is 5.75 Å². The number of aromatic hydroxyl groups is 1. The normalized spacial score (nSPS) is 19.1. The third-order valence-corrected chi connectivity index (χ3v) is 8.34. The van der Waals surface area contributed by atoms with Gasteiger partial charge in [0.15, 0.2) is 0 Å². The first-order valence-corrected chi connectivity index (χ1v) is 13.5. The zero-order valence-corrected chi connectivity index (χ0v) is 22.0. The fraction of sp³-hybridized carbons (Fsp3) is 0.387. The lowest BCUT2D eigenvalue weighted by molar-refractivity contribution is -0.116. The van der Waals surface area contributed by atoms with Gasteiger partial charge in [-0.2, -0.15) is 0 Å². The number of halogens is 1. The lowest BCUT2D eigenvalue weighted by atomic mass is 9.74. The molecule has 4 nitrogen and oxygen atoms in total. The Labute approximate surface area is 219 Å². The van der Waals surface area contributed by atoms with Gasteiger partial charge in [-0.05, 0) is 97.7 Å². The number of anilines is 1. The molecule has 188 valence electrons. The molecule has 2 aliphatic rings. The van der Waals surface area contributed by atoms with Gasteiger partial charge in [0.2, 0.25) is 5.91 Å². The lowest BCUT2D eigenvalue weighted by Crippen LogP contribution is -2.39. The number of unbranched alkanes of at least 4 members (excludes halogenated alkanes) is 1. The molecule has 0 unspecified atom stereocenters. The van der Waals surface area contributed by atoms with Crippen molar-refractivity contribution >= 4 is 23.2 Å². The summed E-state index contributed by atoms with van der Waals surface area (Å²) in [6.07, 6.45) is 6.03. The van der Waals surface area contributed by atoms with E-state index in [0.29, 0.717) is 17.6 Å². The van der Waals surface area contributed by atoms with E-state index in [9.17, 15) is 9.90 Å². The van der Waals surface area contributed by atoms with Crippen LogP contribution in [0.4, 0.5) is 5.69 Å². The second-order valence-corrected chi connectivity index (χ2v) is 10.7. The second-order valence-electron chi connectivity index (χ2n) is 10.3. The van der Waals surface area contributed by atoms with Crippen LogP contribution in [0, 0.1) is 0 Å². The number of nitrogens with zero attached hydrogens (tertiary/aromatic N) is 2. The molecular formula is C31H35ClN2O2. The molecule has 1 amide bonds. The summed E-state index contributed by atoms with van der Waals surface area (Å²) in [6, 6.07) is 21.2. The van der Waals surface area contributed by atoms with E-state index in [1.807, 2.05) is 23.1 Å². The quantitative estimate of drug-likeness (QED) is 0.399. The number of carbonyl (C=O) groups excluding carboxylic acids is 1. The van der Waals surface area contributed by atoms with Crippen LogP contribution < -0.4 is 4.90 Å². The summed E-state index contributed by atoms with van der Waals surface area (Å²) in [5, 5.41) is 10.9. The number of hydrogen-bond acceptors (Lipinski definition) is 3. The highest BCUT2D eigenvalue weighted by molar-refractivity contribution is 6.32. The topological polar surface area (TPSA) is 43.8 Å². The Morgan fingerprint density at radius 1 is 1.03 bits per heavy atom. The summed E-state index contributed by atoms with van der Waals surface area (Å²) in [7, 11) is 2.20. The Balaban J connectivity index is 1.44. The van der Waals surface area contributed by atoms with E-state index in [1.54, 1.807) is 6.92 Å². The van der Waals surface area contributed by atoms with Crippen molar-refractivity contribution in [1.82, 2.24) is 4.90 Å². The van der Waals surface area contributed by atoms with E-state index in [0.717, 1.165) is 50.8 Å². The van der Waals surface area contributed by atoms with Gasteiger partial charge >= 0.3 is 0 Å². The molecule has 0 saturated carbocycles. The zero-order chi connectivity index (χ0) is 25.2. The van der Waals surface area contributed by atoms with Crippen molar-refractivity contribution in [2.75, 3.05) is 25.0 Å². The van der Waals surface area contributed by atoms with Crippen LogP contribution in [0.3, 0.4) is 0 Å². The maximum Gasteiger partial charge on any atom is 0.223 e. The molecule has 3 aromatic rings. The lowest BCUT2D eigenvalue weighted by Gasteiger charge is -2.39. The molecular weight excluding hydrogens is 468 g/mol. The first kappa shape index (κ1) is 24.9. The van der Waals surface area contributed by atoms with Crippen LogP contribution in [0.5, 0.6) is 5.75 Å². The number of phenolic OH excluding ortho intramolecular Hbond substituents is 1. The number of likely N-dealkylation sites (N-methyl/N-ethyl adjacent to an activating group) is 1. The molecule has 0 radical (unpaired) electrons. The van der Waals surface area contributed by atoms with Gasteiger partial charge in [-0.15, -0.1) is 0 Å². The number of phenols is 1. The molecule has 1 N–H and O–H groups in total. The Morgan fingerprint density at radius 2 is 1.81 bits per heavy atom. The van der Waals surface area contributed by atoms with Crippen LogP contribution >= 0.6 is 11.6 Å². The van der Waals surface area contributed by atoms with Gasteiger partial charge in [-0.25, -0.2) is 0 Å². The molecule has 0 aromatic heterocycles. The number of fused-ring (bicyclic) bond motifs is 5. The van der Waals surface area contributed by atoms with E-state index in [2.05, 4.69) is 54.4 Å². The molecule has 1 heterocycles. The highest BCUT2D eigenvalue weighted by atomic mass is 35.5. The van der Waals surface area contributed by atoms with Crippen molar-refractivity contribution in [3.8, 4) is 5.75 Å². The minimum absolute atomic E-state index is 0.0739. The van der Waals surface area contributed by atoms with Gasteiger partial charge in [0.05, 0.1) is 5.02 Å². The van der Waals surface area contributed by atoms with Crippen LogP contribution in [0.1, 0.15) is 59.9 Å². The maximum atomic E-state index is 12.7. The molecule has 1 aliphatic carbocycles. The largest absolute Gasteiger partial charge is 0.506 e. The average Bonchev–Trinajstić information content (AvgIpc) is 3.01. The predicted octanol–water partition coefficient (Wildman–Crippen LogP) is 6.36. The third-order valence-electron chi connectivity index (χ3n) is 8.03. The predicted molar refractivity (Wildman–Crippen MR) is 147 cm³/mol. The summed E-state index contributed by atoms with van der Waals surface area (Å²) in [4.78, 5) is 17.1. The summed E-state index contributed by atoms with van der Waals surface area (Å²) < 4.78 is 0. The molecule has 5 rings (SSSR count). The van der Waals surface area contributed by atoms with Crippen LogP contribution in [0.15, 0.2) is 60.7 Å². The smallest absolute Gasteiger partial charge is 0.223 e. The first-order chi connectivity index (χ1) is 17.4. The summed E-state index contributed by atoms with van der Waals surface area (Å²) in [5.74, 6) is 0.363. The number of aryl methyl sites for hydroxylation is 2. The molecule has 3 aromatic carbocycles. The molecule has 1 aliphatic heterocycles. The Bertz CT molecular complexity index is 1240. The molecule has 0 saturated heterocycles. The first-order valence-electron chi connectivity index (χ1n) is 13.1. The second kappa shape index (κ2) is 10.7. The van der Waals surface area contributed by atoms with E-state index in [4.69, 9.17) is 11.6 Å². The Hall–Kier alpha value is -2.82. The van der Waals surface area contributed by atoms with Crippen molar-refractivity contribution < 1.29 is 9.90 Å². The standard InChI is InChI=1S/C31H35ClN2O2/c1-21(35)34(16-7-6-10-22-8-4-3-5-9-22)25-13-11-23-12-14-29-31(26(23)19-25)27-20-30(36)28(32)18-24(27)15-17-33(29)2/h3-5,8-9,11,13,18-20,29,31,36H,6-7,10,12,14-17H2,1-2H3/t29-,31+/m0/s1. The van der Waals surface area contributed by atoms with Gasteiger partial charge < -0.3 is 14.9 Å². The number of benzene rings is 3. The monoisotopic (exact) mass is 502 g/mol. The van der Waals surface area contributed by atoms with Crippen molar-refractivity contribution in [2.45, 2.75) is 57.4 Å². The summed E-state index contributed by atoms with van der Waals surface area (Å²) in [5.41, 5.74) is 7.29. The number of rotatable bonds is 6. The van der Waals surface area contributed by atoms with Crippen LogP contribution in [0.25, 0.3) is 0 Å². The van der Waals surface area contributed by atoms with Crippen LogP contribution in [-0.2, 0) is 24.1 Å². The van der Waals surface area contributed by atoms with Crippen molar-refractivity contribution in [3.63, 3.8) is 0 Å². The van der Waals surface area contributed by atoms with Crippen LogP contribution in [-0.4, -0.2) is 42.1 Å². The van der Waals surface area contributed by atoms with Gasteiger partial charge in [-0.3, -0.25) is 4.79 Å². The van der Waals surface area contributed by atoms with E-state index in [1.165, 1.54) is 27.8 Å². The van der Waals surface area contributed by atoms with Crippen molar-refractivity contribution in [2.24, 2.45) is 0 Å². The van der Waals surface area contributed by atoms with Crippen molar-refractivity contribution in [1.29, 1.82) is 0 Å². The number of amides is 1. The Morgan fingerprint density at radius 3 is 2.58 bits per heavy atom. The molecule has 0 bridgehead atoms. The minimum atomic E-state index is 0.0739. The Kier molecular flexibility index (Phi) is 7.36. The number of carbonyl (C=O) groups is 1. The summed E-state index contributed by atoms with van der Waals surface area (Å²) >= 11 is 6.30. The van der Waals surface area contributed by atoms with Crippen molar-refractivity contribution in [3.05, 3.63) is 93.5 Å². The van der Waals surface area contributed by atoms with E-state index < -0.39 is 0 Å². The molecule has 2 atom stereocenters. The summed E-state index contributed by atoms with van der Waals surface area (Å²) in [6.45, 7) is 3.33. The maximum absolute atomic E-state index is 12.7. The van der Waals surface area contributed by atoms with E-state index in [-0.39, 0.29) is 17.6 Å². The van der Waals surface area contributed by atoms with Gasteiger partial charge in [-0.1, -0.05) is 48.0 Å². The average molecular weight is 503 g/mol. The minimum Gasteiger partial charge on any atom is -0.506 e. The van der Waals surface area contributed by atoms with Crippen LogP contribution in [0.2, 0.25) is 5.02 Å². The molecule has 0 spiro atoms. The SMILES string of the molecule is CC(=O)N(CCCCc1ccccc1)c1ccc2c(c1)[C@@H]1c3cc(O)c(Cl)cc3CCN(C)[C@H]1CC2. The highest BCUT2D eigenvalue weighted by Gasteiger charge is 2.37. The number of hydrogen-bond donors (Lipinski definition) is 1. The molecule has 36 heavy (non-hydrogen) atoms. The fourth-order valence-electron chi connectivity index (χ4n) is 6.09. The van der Waals surface area contributed by atoms with Gasteiger partial charge in [0, 0.05) is 37.7 Å². The third kappa shape index (κ3) is 5.02. The van der Waals surface area contributed by atoms with Gasteiger partial charge in [0.25, 0.3) is 0 Å². The fourth-order valence-corrected chi connectivity index (χ4v) is 6.28. The zero-order valence-electron chi connectivity index (χ0n) is 21.2. The van der Waals surface area contributed by atoms with E-state index >= 15 is 0 Å². The molecule has 0 fully saturated rings.